The number of carbonyl (C=O) groups excluding carboxylic acids is 2. The average Bonchev–Trinajstić information content (AvgIpc) is 2.16. The second-order valence-electron chi connectivity index (χ2n) is 2.95. The molecule has 0 fully saturated rings. The first-order valence-electron chi connectivity index (χ1n) is 3.81. The second kappa shape index (κ2) is 3.88. The fourth-order valence-electron chi connectivity index (χ4n) is 1.21. The molecule has 0 saturated heterocycles. The highest BCUT2D eigenvalue weighted by Gasteiger charge is 2.49. The number of alkyl halides is 1. The highest BCUT2D eigenvalue weighted by molar-refractivity contribution is 7.88. The molecule has 2 unspecified atom stereocenters. The van der Waals surface area contributed by atoms with E-state index in [1.807, 2.05) is 0 Å². The van der Waals surface area contributed by atoms with Crippen LogP contribution in [-0.4, -0.2) is 35.7 Å². The van der Waals surface area contributed by atoms with Crippen molar-refractivity contribution in [2.24, 2.45) is 0 Å². The maximum absolute atomic E-state index is 11.1. The van der Waals surface area contributed by atoms with Gasteiger partial charge < -0.3 is 4.79 Å². The third-order valence-electron chi connectivity index (χ3n) is 2.10. The van der Waals surface area contributed by atoms with Crippen LogP contribution in [0.2, 0.25) is 0 Å². The van der Waals surface area contributed by atoms with Crippen molar-refractivity contribution in [1.29, 1.82) is 0 Å². The molecular formula is C8H7ClO5S. The average molecular weight is 251 g/mol. The molecule has 82 valence electrons. The first-order chi connectivity index (χ1) is 6.89. The van der Waals surface area contributed by atoms with Gasteiger partial charge >= 0.3 is 0 Å². The van der Waals surface area contributed by atoms with E-state index in [9.17, 15) is 18.0 Å². The summed E-state index contributed by atoms with van der Waals surface area (Å²) in [6.07, 6.45) is 3.75. The topological polar surface area (TPSA) is 88.5 Å². The minimum Gasteiger partial charge on any atom is -0.301 e. The van der Waals surface area contributed by atoms with E-state index in [1.165, 1.54) is 12.2 Å². The third-order valence-corrected chi connectivity index (χ3v) is 4.21. The maximum atomic E-state index is 11.1. The molecule has 1 N–H and O–H groups in total. The standard InChI is InChI=1S/C8H7ClO5S/c9-7-6(4-10)2-1-3-8(7,5-11)15(12,13)14/h1-5,7H,(H,12,13,14). The summed E-state index contributed by atoms with van der Waals surface area (Å²) in [5, 5.41) is -1.42. The van der Waals surface area contributed by atoms with E-state index in [4.69, 9.17) is 16.2 Å². The lowest BCUT2D eigenvalue weighted by Gasteiger charge is -2.28. The fourth-order valence-corrected chi connectivity index (χ4v) is 2.57. The minimum atomic E-state index is -4.72. The number of rotatable bonds is 3. The molecule has 0 spiro atoms. The lowest BCUT2D eigenvalue weighted by Crippen LogP contribution is -2.48. The molecule has 0 aliphatic heterocycles. The van der Waals surface area contributed by atoms with Gasteiger partial charge in [0.15, 0.2) is 4.75 Å². The van der Waals surface area contributed by atoms with Crippen molar-refractivity contribution >= 4 is 34.3 Å². The summed E-state index contributed by atoms with van der Waals surface area (Å²) < 4.78 is 28.8. The molecule has 0 amide bonds. The quantitative estimate of drug-likeness (QED) is 0.436. The Morgan fingerprint density at radius 3 is 2.47 bits per heavy atom. The van der Waals surface area contributed by atoms with Crippen molar-refractivity contribution in [3.63, 3.8) is 0 Å². The second-order valence-corrected chi connectivity index (χ2v) is 5.05. The number of aldehydes is 2. The monoisotopic (exact) mass is 250 g/mol. The molecule has 0 aromatic rings. The SMILES string of the molecule is O=CC1=CC=CC(C=O)(S(=O)(=O)O)C1Cl. The Balaban J connectivity index is 3.39. The van der Waals surface area contributed by atoms with E-state index < -0.39 is 20.2 Å². The minimum absolute atomic E-state index is 0.00694. The Labute approximate surface area is 91.2 Å². The number of hydrogen-bond donors (Lipinski definition) is 1. The van der Waals surface area contributed by atoms with E-state index in [1.54, 1.807) is 0 Å². The molecular weight excluding hydrogens is 244 g/mol. The van der Waals surface area contributed by atoms with Crippen molar-refractivity contribution in [1.82, 2.24) is 0 Å². The molecule has 7 heteroatoms. The number of halogens is 1. The molecule has 0 saturated carbocycles. The highest BCUT2D eigenvalue weighted by Crippen LogP contribution is 2.32. The molecule has 5 nitrogen and oxygen atoms in total. The largest absolute Gasteiger partial charge is 0.301 e. The van der Waals surface area contributed by atoms with Crippen LogP contribution in [0, 0.1) is 0 Å². The van der Waals surface area contributed by atoms with Crippen molar-refractivity contribution in [3.8, 4) is 0 Å². The Kier molecular flexibility index (Phi) is 3.13. The van der Waals surface area contributed by atoms with Gasteiger partial charge in [0.2, 0.25) is 0 Å². The lowest BCUT2D eigenvalue weighted by molar-refractivity contribution is -0.109. The molecule has 0 radical (unpaired) electrons. The van der Waals surface area contributed by atoms with Crippen molar-refractivity contribution in [3.05, 3.63) is 23.8 Å². The van der Waals surface area contributed by atoms with E-state index in [-0.39, 0.29) is 11.9 Å². The summed E-state index contributed by atoms with van der Waals surface area (Å²) in [7, 11) is -4.72. The normalized spacial score (nSPS) is 30.8. The number of allylic oxidation sites excluding steroid dienone is 3. The van der Waals surface area contributed by atoms with E-state index in [0.717, 1.165) is 6.08 Å². The van der Waals surface area contributed by atoms with Crippen molar-refractivity contribution in [2.75, 3.05) is 0 Å². The summed E-state index contributed by atoms with van der Waals surface area (Å²) in [5.41, 5.74) is -0.0797. The maximum Gasteiger partial charge on any atom is 0.283 e. The van der Waals surface area contributed by atoms with Gasteiger partial charge in [-0.05, 0) is 0 Å². The zero-order valence-electron chi connectivity index (χ0n) is 7.33. The molecule has 0 aromatic carbocycles. The van der Waals surface area contributed by atoms with Crippen LogP contribution < -0.4 is 0 Å². The molecule has 1 aliphatic rings. The first-order valence-corrected chi connectivity index (χ1v) is 5.68. The lowest BCUT2D eigenvalue weighted by atomic mass is 9.94. The summed E-state index contributed by atoms with van der Waals surface area (Å²) in [5.74, 6) is 0. The van der Waals surface area contributed by atoms with Gasteiger partial charge in [-0.3, -0.25) is 9.35 Å². The van der Waals surface area contributed by atoms with Crippen molar-refractivity contribution in [2.45, 2.75) is 10.1 Å². The van der Waals surface area contributed by atoms with Gasteiger partial charge in [0.25, 0.3) is 10.1 Å². The summed E-state index contributed by atoms with van der Waals surface area (Å²) in [6.45, 7) is 0. The van der Waals surface area contributed by atoms with E-state index >= 15 is 0 Å². The highest BCUT2D eigenvalue weighted by atomic mass is 35.5. The summed E-state index contributed by atoms with van der Waals surface area (Å²) in [6, 6.07) is 0. The summed E-state index contributed by atoms with van der Waals surface area (Å²) >= 11 is 5.67. The van der Waals surface area contributed by atoms with Crippen LogP contribution in [0.5, 0.6) is 0 Å². The zero-order valence-corrected chi connectivity index (χ0v) is 8.90. The fraction of sp³-hybridized carbons (Fsp3) is 0.250. The Hall–Kier alpha value is -0.980. The Morgan fingerprint density at radius 1 is 1.47 bits per heavy atom. The molecule has 1 rings (SSSR count). The van der Waals surface area contributed by atoms with Gasteiger partial charge in [0.05, 0.1) is 5.38 Å². The van der Waals surface area contributed by atoms with Gasteiger partial charge in [0, 0.05) is 5.57 Å². The first kappa shape index (κ1) is 12.1. The van der Waals surface area contributed by atoms with Crippen LogP contribution in [0.3, 0.4) is 0 Å². The molecule has 0 heterocycles. The van der Waals surface area contributed by atoms with Crippen LogP contribution in [0.15, 0.2) is 23.8 Å². The molecule has 2 atom stereocenters. The molecule has 0 aromatic heterocycles. The van der Waals surface area contributed by atoms with Gasteiger partial charge in [-0.25, -0.2) is 0 Å². The summed E-state index contributed by atoms with van der Waals surface area (Å²) in [4.78, 5) is 21.3. The van der Waals surface area contributed by atoms with Crippen LogP contribution >= 0.6 is 11.6 Å². The molecule has 1 aliphatic carbocycles. The van der Waals surface area contributed by atoms with Crippen LogP contribution in [-0.2, 0) is 19.7 Å². The molecule has 0 bridgehead atoms. The zero-order chi connectivity index (χ0) is 11.7. The number of hydrogen-bond acceptors (Lipinski definition) is 4. The van der Waals surface area contributed by atoms with Crippen LogP contribution in [0.25, 0.3) is 0 Å². The Morgan fingerprint density at radius 2 is 2.07 bits per heavy atom. The smallest absolute Gasteiger partial charge is 0.283 e. The third kappa shape index (κ3) is 1.75. The molecule has 15 heavy (non-hydrogen) atoms. The van der Waals surface area contributed by atoms with Gasteiger partial charge in [0.1, 0.15) is 12.6 Å². The van der Waals surface area contributed by atoms with Crippen molar-refractivity contribution < 1.29 is 22.6 Å². The van der Waals surface area contributed by atoms with E-state index in [0.29, 0.717) is 6.29 Å². The van der Waals surface area contributed by atoms with Crippen LogP contribution in [0.1, 0.15) is 0 Å². The van der Waals surface area contributed by atoms with Gasteiger partial charge in [-0.1, -0.05) is 18.2 Å². The van der Waals surface area contributed by atoms with Gasteiger partial charge in [-0.2, -0.15) is 8.42 Å². The predicted octanol–water partition coefficient (Wildman–Crippen LogP) is 0.114. The number of carbonyl (C=O) groups is 2. The van der Waals surface area contributed by atoms with Gasteiger partial charge in [-0.15, -0.1) is 11.6 Å². The van der Waals surface area contributed by atoms with Crippen LogP contribution in [0.4, 0.5) is 0 Å². The predicted molar refractivity (Wildman–Crippen MR) is 53.3 cm³/mol. The van der Waals surface area contributed by atoms with E-state index in [2.05, 4.69) is 0 Å². The Bertz CT molecular complexity index is 450.